The van der Waals surface area contributed by atoms with Crippen molar-refractivity contribution in [2.24, 2.45) is 0 Å². The lowest BCUT2D eigenvalue weighted by Crippen LogP contribution is -2.27. The SMILES string of the molecule is CC1(C)CN(c2ccccc2NC(=O)Nc2ccc(OC(F)(F)F)cc2)c2c(O)ccc(-c3ccnc(F)c3)c21. The first kappa shape index (κ1) is 26.8. The molecule has 1 aromatic heterocycles. The van der Waals surface area contributed by atoms with Crippen LogP contribution >= 0.6 is 0 Å². The number of phenols is 1. The molecule has 0 bridgehead atoms. The Morgan fingerprint density at radius 1 is 1.02 bits per heavy atom. The summed E-state index contributed by atoms with van der Waals surface area (Å²) < 4.78 is 55.1. The van der Waals surface area contributed by atoms with E-state index in [0.717, 1.165) is 23.3 Å². The van der Waals surface area contributed by atoms with Crippen molar-refractivity contribution < 1.29 is 32.2 Å². The molecule has 3 N–H and O–H groups in total. The number of carbonyl (C=O) groups is 1. The maximum atomic E-state index is 14.0. The Bertz CT molecular complexity index is 1570. The molecular weight excluding hydrogens is 528 g/mol. The van der Waals surface area contributed by atoms with Gasteiger partial charge in [-0.2, -0.15) is 4.39 Å². The number of para-hydroxylation sites is 2. The number of benzene rings is 3. The Balaban J connectivity index is 1.44. The minimum atomic E-state index is -4.82. The fourth-order valence-corrected chi connectivity index (χ4v) is 4.95. The number of amides is 2. The van der Waals surface area contributed by atoms with Crippen LogP contribution in [0.1, 0.15) is 19.4 Å². The fourth-order valence-electron chi connectivity index (χ4n) is 4.95. The molecule has 0 aliphatic carbocycles. The van der Waals surface area contributed by atoms with Crippen molar-refractivity contribution in [1.29, 1.82) is 0 Å². The van der Waals surface area contributed by atoms with Crippen LogP contribution in [0.5, 0.6) is 11.5 Å². The van der Waals surface area contributed by atoms with Crippen LogP contribution in [0.15, 0.2) is 79.0 Å². The number of fused-ring (bicyclic) bond motifs is 1. The second kappa shape index (κ2) is 10.1. The number of carbonyl (C=O) groups excluding carboxylic acids is 1. The number of halogens is 4. The molecule has 11 heteroatoms. The number of nitrogens with zero attached hydrogens (tertiary/aromatic N) is 2. The van der Waals surface area contributed by atoms with Crippen LogP contribution in [0.3, 0.4) is 0 Å². The van der Waals surface area contributed by atoms with Crippen LogP contribution in [-0.2, 0) is 5.41 Å². The van der Waals surface area contributed by atoms with Crippen molar-refractivity contribution in [2.45, 2.75) is 25.6 Å². The van der Waals surface area contributed by atoms with Crippen molar-refractivity contribution in [1.82, 2.24) is 4.98 Å². The third-order valence-electron chi connectivity index (χ3n) is 6.48. The number of urea groups is 1. The van der Waals surface area contributed by atoms with E-state index in [1.807, 2.05) is 18.7 Å². The van der Waals surface area contributed by atoms with E-state index in [-0.39, 0.29) is 11.4 Å². The van der Waals surface area contributed by atoms with Gasteiger partial charge in [0.1, 0.15) is 11.5 Å². The predicted octanol–water partition coefficient (Wildman–Crippen LogP) is 7.57. The number of aromatic hydroxyl groups is 1. The van der Waals surface area contributed by atoms with E-state index < -0.39 is 29.5 Å². The Hall–Kier alpha value is -4.80. The third-order valence-corrected chi connectivity index (χ3v) is 6.48. The Labute approximate surface area is 227 Å². The molecule has 4 aromatic rings. The van der Waals surface area contributed by atoms with E-state index in [0.29, 0.717) is 29.2 Å². The molecule has 0 saturated heterocycles. The van der Waals surface area contributed by atoms with E-state index in [1.54, 1.807) is 42.5 Å². The van der Waals surface area contributed by atoms with Crippen LogP contribution < -0.4 is 20.3 Å². The lowest BCUT2D eigenvalue weighted by molar-refractivity contribution is -0.274. The standard InChI is InChI=1S/C29H24F4N4O3/c1-28(2)16-37(26-23(38)12-11-20(25(26)28)17-13-14-34-24(30)15-17)22-6-4-3-5-21(22)36-27(39)35-18-7-9-19(10-8-18)40-29(31,32)33/h3-15,38H,16H2,1-2H3,(H2,35,36,39). The van der Waals surface area contributed by atoms with Gasteiger partial charge in [-0.25, -0.2) is 9.78 Å². The van der Waals surface area contributed by atoms with Gasteiger partial charge >= 0.3 is 12.4 Å². The molecule has 206 valence electrons. The third kappa shape index (κ3) is 5.49. The van der Waals surface area contributed by atoms with Gasteiger partial charge in [-0.3, -0.25) is 0 Å². The number of rotatable bonds is 5. The molecule has 2 amide bonds. The van der Waals surface area contributed by atoms with Gasteiger partial charge in [0.2, 0.25) is 5.95 Å². The van der Waals surface area contributed by atoms with Crippen LogP contribution in [-0.4, -0.2) is 29.0 Å². The molecule has 40 heavy (non-hydrogen) atoms. The Morgan fingerprint density at radius 3 is 2.45 bits per heavy atom. The van der Waals surface area contributed by atoms with Crippen LogP contribution in [0.2, 0.25) is 0 Å². The van der Waals surface area contributed by atoms with Gasteiger partial charge in [-0.15, -0.1) is 13.2 Å². The molecule has 2 heterocycles. The van der Waals surface area contributed by atoms with E-state index in [9.17, 15) is 27.5 Å². The van der Waals surface area contributed by atoms with Crippen LogP contribution in [0.4, 0.5) is 45.1 Å². The summed E-state index contributed by atoms with van der Waals surface area (Å²) in [5, 5.41) is 16.3. The summed E-state index contributed by atoms with van der Waals surface area (Å²) in [6.45, 7) is 4.48. The van der Waals surface area contributed by atoms with Gasteiger partial charge in [0.05, 0.1) is 17.1 Å². The van der Waals surface area contributed by atoms with Crippen molar-refractivity contribution in [3.05, 3.63) is 90.5 Å². The minimum absolute atomic E-state index is 0.0271. The van der Waals surface area contributed by atoms with Crippen molar-refractivity contribution in [3.63, 3.8) is 0 Å². The monoisotopic (exact) mass is 552 g/mol. The highest BCUT2D eigenvalue weighted by molar-refractivity contribution is 6.03. The summed E-state index contributed by atoms with van der Waals surface area (Å²) in [4.78, 5) is 18.4. The van der Waals surface area contributed by atoms with Crippen molar-refractivity contribution in [3.8, 4) is 22.6 Å². The summed E-state index contributed by atoms with van der Waals surface area (Å²) >= 11 is 0. The van der Waals surface area contributed by atoms with E-state index in [4.69, 9.17) is 0 Å². The van der Waals surface area contributed by atoms with E-state index >= 15 is 0 Å². The molecule has 1 aliphatic heterocycles. The largest absolute Gasteiger partial charge is 0.573 e. The Morgan fingerprint density at radius 2 is 1.75 bits per heavy atom. The van der Waals surface area contributed by atoms with Gasteiger partial charge in [0.25, 0.3) is 0 Å². The number of aromatic nitrogens is 1. The topological polar surface area (TPSA) is 86.7 Å². The first-order valence-corrected chi connectivity index (χ1v) is 12.2. The average Bonchev–Trinajstić information content (AvgIpc) is 3.17. The number of alkyl halides is 3. The average molecular weight is 553 g/mol. The van der Waals surface area contributed by atoms with Gasteiger partial charge in [-0.1, -0.05) is 32.0 Å². The first-order valence-electron chi connectivity index (χ1n) is 12.2. The highest BCUT2D eigenvalue weighted by atomic mass is 19.4. The van der Waals surface area contributed by atoms with E-state index in [2.05, 4.69) is 20.4 Å². The van der Waals surface area contributed by atoms with Gasteiger partial charge in [0.15, 0.2) is 0 Å². The minimum Gasteiger partial charge on any atom is -0.506 e. The normalized spacial score (nSPS) is 14.0. The molecular formula is C29H24F4N4O3. The summed E-state index contributed by atoms with van der Waals surface area (Å²) in [5.74, 6) is -0.998. The lowest BCUT2D eigenvalue weighted by Gasteiger charge is -2.25. The zero-order valence-corrected chi connectivity index (χ0v) is 21.4. The maximum Gasteiger partial charge on any atom is 0.573 e. The van der Waals surface area contributed by atoms with Crippen molar-refractivity contribution in [2.75, 3.05) is 22.1 Å². The quantitative estimate of drug-likeness (QED) is 0.176. The zero-order valence-electron chi connectivity index (χ0n) is 21.4. The summed E-state index contributed by atoms with van der Waals surface area (Å²) in [7, 11) is 0. The number of anilines is 4. The first-order chi connectivity index (χ1) is 18.9. The molecule has 1 aliphatic rings. The van der Waals surface area contributed by atoms with Gasteiger partial charge < -0.3 is 25.4 Å². The van der Waals surface area contributed by atoms with Crippen LogP contribution in [0.25, 0.3) is 11.1 Å². The predicted molar refractivity (Wildman–Crippen MR) is 144 cm³/mol. The molecule has 0 saturated carbocycles. The fraction of sp³-hybridized carbons (Fsp3) is 0.172. The smallest absolute Gasteiger partial charge is 0.506 e. The van der Waals surface area contributed by atoms with Gasteiger partial charge in [-0.05, 0) is 65.2 Å². The molecule has 0 radical (unpaired) electrons. The molecule has 7 nitrogen and oxygen atoms in total. The molecule has 0 atom stereocenters. The second-order valence-corrected chi connectivity index (χ2v) is 9.86. The molecule has 3 aromatic carbocycles. The summed E-state index contributed by atoms with van der Waals surface area (Å²) in [5.41, 5.74) is 3.54. The summed E-state index contributed by atoms with van der Waals surface area (Å²) in [6, 6.07) is 17.5. The number of pyridine rings is 1. The van der Waals surface area contributed by atoms with E-state index in [1.165, 1.54) is 24.4 Å². The Kier molecular flexibility index (Phi) is 6.74. The molecule has 0 fully saturated rings. The molecule has 0 spiro atoms. The number of hydrogen-bond donors (Lipinski definition) is 3. The zero-order chi connectivity index (χ0) is 28.7. The molecule has 0 unspecified atom stereocenters. The number of hydrogen-bond acceptors (Lipinski definition) is 5. The van der Waals surface area contributed by atoms with Crippen LogP contribution in [0, 0.1) is 5.95 Å². The molecule has 5 rings (SSSR count). The summed E-state index contributed by atoms with van der Waals surface area (Å²) in [6.07, 6.45) is -3.43. The maximum absolute atomic E-state index is 14.0. The lowest BCUT2D eigenvalue weighted by atomic mass is 9.82. The highest BCUT2D eigenvalue weighted by Gasteiger charge is 2.40. The number of nitrogens with one attached hydrogen (secondary N) is 2. The number of phenolic OH excluding ortho intramolecular Hbond substituents is 1. The highest BCUT2D eigenvalue weighted by Crippen LogP contribution is 2.53. The number of ether oxygens (including phenoxy) is 1. The van der Waals surface area contributed by atoms with Crippen molar-refractivity contribution >= 4 is 28.8 Å². The van der Waals surface area contributed by atoms with Gasteiger partial charge in [0, 0.05) is 29.9 Å². The second-order valence-electron chi connectivity index (χ2n) is 9.86.